The average molecular weight is 480 g/mol. The number of benzene rings is 4. The van der Waals surface area contributed by atoms with Gasteiger partial charge in [-0.3, -0.25) is 0 Å². The lowest BCUT2D eigenvalue weighted by Crippen LogP contribution is -2.07. The second-order valence-electron chi connectivity index (χ2n) is 8.20. The van der Waals surface area contributed by atoms with E-state index in [4.69, 9.17) is 23.9 Å². The predicted molar refractivity (Wildman–Crippen MR) is 140 cm³/mol. The van der Waals surface area contributed by atoms with Gasteiger partial charge in [0.1, 0.15) is 6.61 Å². The van der Waals surface area contributed by atoms with E-state index in [1.165, 1.54) is 0 Å². The van der Waals surface area contributed by atoms with Gasteiger partial charge in [-0.15, -0.1) is 0 Å². The first-order valence-electron chi connectivity index (χ1n) is 11.5. The van der Waals surface area contributed by atoms with Crippen molar-refractivity contribution in [3.05, 3.63) is 96.1 Å². The maximum absolute atomic E-state index is 13.4. The molecule has 0 aliphatic rings. The summed E-state index contributed by atoms with van der Waals surface area (Å²) in [5.41, 5.74) is 3.37. The summed E-state index contributed by atoms with van der Waals surface area (Å²) in [7, 11) is 4.67. The lowest BCUT2D eigenvalue weighted by molar-refractivity contribution is 0.0476. The van der Waals surface area contributed by atoms with E-state index in [1.807, 2.05) is 78.9 Å². The van der Waals surface area contributed by atoms with Crippen molar-refractivity contribution in [2.45, 2.75) is 6.61 Å². The molecule has 5 aromatic rings. The monoisotopic (exact) mass is 479 g/mol. The van der Waals surface area contributed by atoms with Gasteiger partial charge in [-0.05, 0) is 40.6 Å². The van der Waals surface area contributed by atoms with Crippen molar-refractivity contribution < 1.29 is 23.7 Å². The number of para-hydroxylation sites is 1. The Balaban J connectivity index is 1.55. The standard InChI is InChI=1S/C30H25NO5/c1-33-27-15-21(16-28(34-2)29(27)35-3)26-17-24(23-13-6-7-14-25(23)31-26)30(32)36-18-20-11-8-10-19-9-4-5-12-22(19)20/h4-17H,18H2,1-3H3. The normalized spacial score (nSPS) is 10.9. The van der Waals surface area contributed by atoms with Crippen LogP contribution in [-0.4, -0.2) is 32.3 Å². The van der Waals surface area contributed by atoms with Crippen LogP contribution in [-0.2, 0) is 11.3 Å². The molecule has 36 heavy (non-hydrogen) atoms. The fourth-order valence-corrected chi connectivity index (χ4v) is 4.36. The summed E-state index contributed by atoms with van der Waals surface area (Å²) in [6.45, 7) is 0.163. The summed E-state index contributed by atoms with van der Waals surface area (Å²) in [6, 6.07) is 26.9. The van der Waals surface area contributed by atoms with E-state index in [9.17, 15) is 4.79 Å². The van der Waals surface area contributed by atoms with E-state index >= 15 is 0 Å². The van der Waals surface area contributed by atoms with Gasteiger partial charge in [0.25, 0.3) is 0 Å². The van der Waals surface area contributed by atoms with Crippen LogP contribution in [0.3, 0.4) is 0 Å². The summed E-state index contributed by atoms with van der Waals surface area (Å²) >= 11 is 0. The number of hydrogen-bond acceptors (Lipinski definition) is 6. The highest BCUT2D eigenvalue weighted by Gasteiger charge is 2.19. The SMILES string of the molecule is COc1cc(-c2cc(C(=O)OCc3cccc4ccccc34)c3ccccc3n2)cc(OC)c1OC. The molecule has 0 spiro atoms. The lowest BCUT2D eigenvalue weighted by Gasteiger charge is -2.15. The zero-order valence-corrected chi connectivity index (χ0v) is 20.3. The Bertz CT molecular complexity index is 1550. The molecule has 0 atom stereocenters. The molecule has 0 fully saturated rings. The predicted octanol–water partition coefficient (Wildman–Crippen LogP) is 6.44. The first-order valence-corrected chi connectivity index (χ1v) is 11.5. The minimum Gasteiger partial charge on any atom is -0.493 e. The third kappa shape index (κ3) is 4.29. The third-order valence-corrected chi connectivity index (χ3v) is 6.14. The van der Waals surface area contributed by atoms with E-state index in [2.05, 4.69) is 0 Å². The molecule has 1 aromatic heterocycles. The van der Waals surface area contributed by atoms with Crippen LogP contribution in [0.15, 0.2) is 84.9 Å². The first-order chi connectivity index (χ1) is 17.6. The number of hydrogen-bond donors (Lipinski definition) is 0. The highest BCUT2D eigenvalue weighted by molar-refractivity contribution is 6.04. The number of carbonyl (C=O) groups excluding carboxylic acids is 1. The summed E-state index contributed by atoms with van der Waals surface area (Å²) in [6.07, 6.45) is 0. The minimum atomic E-state index is -0.421. The quantitative estimate of drug-likeness (QED) is 0.250. The molecule has 6 nitrogen and oxygen atoms in total. The summed E-state index contributed by atoms with van der Waals surface area (Å²) in [5, 5.41) is 2.88. The van der Waals surface area contributed by atoms with Crippen molar-refractivity contribution in [2.24, 2.45) is 0 Å². The molecule has 5 rings (SSSR count). The van der Waals surface area contributed by atoms with Crippen LogP contribution in [0.25, 0.3) is 32.9 Å². The van der Waals surface area contributed by atoms with E-state index < -0.39 is 5.97 Å². The molecule has 0 aliphatic carbocycles. The van der Waals surface area contributed by atoms with Crippen LogP contribution >= 0.6 is 0 Å². The van der Waals surface area contributed by atoms with E-state index in [0.29, 0.717) is 34.0 Å². The third-order valence-electron chi connectivity index (χ3n) is 6.14. The van der Waals surface area contributed by atoms with Gasteiger partial charge in [0, 0.05) is 10.9 Å². The van der Waals surface area contributed by atoms with Gasteiger partial charge in [0.05, 0.1) is 38.1 Å². The van der Waals surface area contributed by atoms with Gasteiger partial charge < -0.3 is 18.9 Å². The summed E-state index contributed by atoms with van der Waals surface area (Å²) in [4.78, 5) is 18.2. The molecule has 6 heteroatoms. The molecule has 4 aromatic carbocycles. The van der Waals surface area contributed by atoms with Crippen molar-refractivity contribution in [1.82, 2.24) is 4.98 Å². The molecule has 0 aliphatic heterocycles. The molecular formula is C30H25NO5. The van der Waals surface area contributed by atoms with Crippen LogP contribution in [0.4, 0.5) is 0 Å². The molecule has 1 heterocycles. The molecular weight excluding hydrogens is 454 g/mol. The zero-order chi connectivity index (χ0) is 25.1. The fraction of sp³-hybridized carbons (Fsp3) is 0.133. The lowest BCUT2D eigenvalue weighted by atomic mass is 10.0. The topological polar surface area (TPSA) is 66.9 Å². The fourth-order valence-electron chi connectivity index (χ4n) is 4.36. The second kappa shape index (κ2) is 9.96. The number of esters is 1. The van der Waals surface area contributed by atoms with Crippen LogP contribution in [0.1, 0.15) is 15.9 Å². The molecule has 0 saturated carbocycles. The number of rotatable bonds is 7. The Morgan fingerprint density at radius 2 is 1.42 bits per heavy atom. The van der Waals surface area contributed by atoms with Gasteiger partial charge in [0.2, 0.25) is 5.75 Å². The van der Waals surface area contributed by atoms with Crippen molar-refractivity contribution in [3.8, 4) is 28.5 Å². The maximum atomic E-state index is 13.4. The molecule has 0 unspecified atom stereocenters. The molecule has 0 bridgehead atoms. The second-order valence-corrected chi connectivity index (χ2v) is 8.20. The number of fused-ring (bicyclic) bond motifs is 2. The number of pyridine rings is 1. The van der Waals surface area contributed by atoms with Gasteiger partial charge in [-0.25, -0.2) is 9.78 Å². The molecule has 0 saturated heterocycles. The maximum Gasteiger partial charge on any atom is 0.339 e. The number of aromatic nitrogens is 1. The van der Waals surface area contributed by atoms with Crippen molar-refractivity contribution >= 4 is 27.6 Å². The zero-order valence-electron chi connectivity index (χ0n) is 20.3. The number of methoxy groups -OCH3 is 3. The number of ether oxygens (including phenoxy) is 4. The van der Waals surface area contributed by atoms with E-state index in [1.54, 1.807) is 27.4 Å². The van der Waals surface area contributed by atoms with Crippen molar-refractivity contribution in [2.75, 3.05) is 21.3 Å². The summed E-state index contributed by atoms with van der Waals surface area (Å²) < 4.78 is 22.3. The van der Waals surface area contributed by atoms with Gasteiger partial charge in [-0.1, -0.05) is 60.7 Å². The Morgan fingerprint density at radius 1 is 0.750 bits per heavy atom. The minimum absolute atomic E-state index is 0.163. The molecule has 0 N–H and O–H groups in total. The van der Waals surface area contributed by atoms with E-state index in [0.717, 1.165) is 27.3 Å². The van der Waals surface area contributed by atoms with Gasteiger partial charge in [0.15, 0.2) is 11.5 Å². The van der Waals surface area contributed by atoms with Crippen molar-refractivity contribution in [3.63, 3.8) is 0 Å². The Kier molecular flexibility index (Phi) is 6.41. The van der Waals surface area contributed by atoms with Crippen LogP contribution in [0.2, 0.25) is 0 Å². The van der Waals surface area contributed by atoms with Crippen LogP contribution in [0, 0.1) is 0 Å². The highest BCUT2D eigenvalue weighted by atomic mass is 16.5. The molecule has 180 valence electrons. The van der Waals surface area contributed by atoms with E-state index in [-0.39, 0.29) is 6.61 Å². The van der Waals surface area contributed by atoms with Crippen LogP contribution in [0.5, 0.6) is 17.2 Å². The summed E-state index contributed by atoms with van der Waals surface area (Å²) in [5.74, 6) is 1.07. The molecule has 0 amide bonds. The Labute approximate surface area is 209 Å². The average Bonchev–Trinajstić information content (AvgIpc) is 2.94. The molecule has 0 radical (unpaired) electrons. The van der Waals surface area contributed by atoms with Crippen LogP contribution < -0.4 is 14.2 Å². The Hall–Kier alpha value is -4.58. The van der Waals surface area contributed by atoms with Gasteiger partial charge in [-0.2, -0.15) is 0 Å². The van der Waals surface area contributed by atoms with Crippen molar-refractivity contribution in [1.29, 1.82) is 0 Å². The van der Waals surface area contributed by atoms with Gasteiger partial charge >= 0.3 is 5.97 Å². The number of nitrogens with zero attached hydrogens (tertiary/aromatic N) is 1. The largest absolute Gasteiger partial charge is 0.493 e. The smallest absolute Gasteiger partial charge is 0.339 e. The first kappa shape index (κ1) is 23.2. The number of carbonyl (C=O) groups is 1. The Morgan fingerprint density at radius 3 is 2.14 bits per heavy atom. The highest BCUT2D eigenvalue weighted by Crippen LogP contribution is 2.41.